The molecule has 1 atom stereocenters. The van der Waals surface area contributed by atoms with Gasteiger partial charge >= 0.3 is 5.91 Å². The van der Waals surface area contributed by atoms with E-state index < -0.39 is 17.7 Å². The molecule has 1 aromatic heterocycles. The van der Waals surface area contributed by atoms with Crippen molar-refractivity contribution in [1.82, 2.24) is 10.2 Å². The summed E-state index contributed by atoms with van der Waals surface area (Å²) in [6.45, 7) is 2.44. The van der Waals surface area contributed by atoms with E-state index in [0.717, 1.165) is 15.6 Å². The molecule has 220 valence electrons. The monoisotopic (exact) mass is 683 g/mol. The average Bonchev–Trinajstić information content (AvgIpc) is 3.62. The number of aliphatic hydroxyl groups is 1. The predicted molar refractivity (Wildman–Crippen MR) is 177 cm³/mol. The summed E-state index contributed by atoms with van der Waals surface area (Å²) in [5.74, 6) is -0.502. The van der Waals surface area contributed by atoms with Gasteiger partial charge in [-0.1, -0.05) is 123 Å². The Kier molecular flexibility index (Phi) is 8.92. The molecule has 44 heavy (non-hydrogen) atoms. The molecule has 6 rings (SSSR count). The summed E-state index contributed by atoms with van der Waals surface area (Å²) in [6, 6.07) is 31.3. The van der Waals surface area contributed by atoms with E-state index in [9.17, 15) is 14.7 Å². The number of rotatable bonds is 9. The van der Waals surface area contributed by atoms with E-state index in [2.05, 4.69) is 50.4 Å². The zero-order valence-electron chi connectivity index (χ0n) is 23.5. The van der Waals surface area contributed by atoms with Crippen LogP contribution >= 0.6 is 39.0 Å². The van der Waals surface area contributed by atoms with E-state index in [-0.39, 0.29) is 16.5 Å². The van der Waals surface area contributed by atoms with E-state index in [1.165, 1.54) is 33.6 Å². The lowest BCUT2D eigenvalue weighted by Gasteiger charge is -2.22. The van der Waals surface area contributed by atoms with Crippen molar-refractivity contribution in [2.75, 3.05) is 4.90 Å². The number of carbonyl (C=O) groups is 2. The van der Waals surface area contributed by atoms with Gasteiger partial charge in [-0.2, -0.15) is 0 Å². The Labute approximate surface area is 271 Å². The molecule has 1 N–H and O–H groups in total. The van der Waals surface area contributed by atoms with Crippen LogP contribution in [0.3, 0.4) is 0 Å². The lowest BCUT2D eigenvalue weighted by atomic mass is 9.95. The van der Waals surface area contributed by atoms with Crippen LogP contribution in [-0.4, -0.2) is 27.0 Å². The summed E-state index contributed by atoms with van der Waals surface area (Å²) < 4.78 is 7.44. The Morgan fingerprint density at radius 2 is 1.61 bits per heavy atom. The number of halogens is 1. The molecule has 4 aromatic carbocycles. The van der Waals surface area contributed by atoms with Gasteiger partial charge < -0.3 is 9.84 Å². The molecule has 1 unspecified atom stereocenters. The summed E-state index contributed by atoms with van der Waals surface area (Å²) in [7, 11) is 0. The summed E-state index contributed by atoms with van der Waals surface area (Å²) in [6.07, 6.45) is 0. The van der Waals surface area contributed by atoms with Gasteiger partial charge in [0, 0.05) is 15.8 Å². The first kappa shape index (κ1) is 29.8. The van der Waals surface area contributed by atoms with E-state index >= 15 is 0 Å². The number of ether oxygens (including phenoxy) is 1. The molecule has 0 radical (unpaired) electrons. The lowest BCUT2D eigenvalue weighted by Crippen LogP contribution is -2.29. The highest BCUT2D eigenvalue weighted by Crippen LogP contribution is 2.44. The van der Waals surface area contributed by atoms with Crippen LogP contribution in [-0.2, 0) is 21.9 Å². The number of amides is 1. The molecule has 2 heterocycles. The van der Waals surface area contributed by atoms with Gasteiger partial charge in [-0.05, 0) is 47.9 Å². The van der Waals surface area contributed by atoms with Gasteiger partial charge in [0.25, 0.3) is 5.78 Å². The average molecular weight is 685 g/mol. The third-order valence-corrected chi connectivity index (χ3v) is 9.75. The summed E-state index contributed by atoms with van der Waals surface area (Å²) in [4.78, 5) is 28.4. The lowest BCUT2D eigenvalue weighted by molar-refractivity contribution is -0.132. The fraction of sp³-hybridized carbons (Fsp3) is 0.118. The van der Waals surface area contributed by atoms with Gasteiger partial charge in [0.05, 0.1) is 11.6 Å². The Morgan fingerprint density at radius 3 is 2.32 bits per heavy atom. The third-order valence-electron chi connectivity index (χ3n) is 7.09. The van der Waals surface area contributed by atoms with Gasteiger partial charge in [-0.15, -0.1) is 10.2 Å². The molecule has 1 aliphatic rings. The smallest absolute Gasteiger partial charge is 0.301 e. The van der Waals surface area contributed by atoms with Crippen molar-refractivity contribution in [3.8, 4) is 5.75 Å². The number of benzene rings is 4. The third kappa shape index (κ3) is 6.47. The first-order valence-electron chi connectivity index (χ1n) is 13.7. The molecule has 0 spiro atoms. The molecule has 7 nitrogen and oxygen atoms in total. The van der Waals surface area contributed by atoms with Crippen LogP contribution in [0.2, 0.25) is 0 Å². The van der Waals surface area contributed by atoms with Crippen molar-refractivity contribution >= 4 is 61.6 Å². The topological polar surface area (TPSA) is 92.6 Å². The first-order valence-corrected chi connectivity index (χ1v) is 16.3. The van der Waals surface area contributed by atoms with Crippen LogP contribution in [0.1, 0.15) is 33.9 Å². The second-order valence-electron chi connectivity index (χ2n) is 10.1. The molecular formula is C34H26BrN3O4S2. The summed E-state index contributed by atoms with van der Waals surface area (Å²) >= 11 is 6.15. The largest absolute Gasteiger partial charge is 0.507 e. The fourth-order valence-electron chi connectivity index (χ4n) is 4.78. The van der Waals surface area contributed by atoms with E-state index in [4.69, 9.17) is 4.74 Å². The zero-order chi connectivity index (χ0) is 30.6. The van der Waals surface area contributed by atoms with Gasteiger partial charge in [0.2, 0.25) is 5.13 Å². The quantitative estimate of drug-likeness (QED) is 0.0552. The van der Waals surface area contributed by atoms with Crippen LogP contribution in [0.5, 0.6) is 5.75 Å². The van der Waals surface area contributed by atoms with Gasteiger partial charge in [0.15, 0.2) is 4.34 Å². The molecule has 0 bridgehead atoms. The van der Waals surface area contributed by atoms with Gasteiger partial charge in [-0.3, -0.25) is 14.5 Å². The van der Waals surface area contributed by atoms with Gasteiger partial charge in [-0.25, -0.2) is 0 Å². The number of aromatic nitrogens is 2. The number of hydrogen-bond donors (Lipinski definition) is 1. The van der Waals surface area contributed by atoms with Crippen LogP contribution in [0.25, 0.3) is 5.76 Å². The van der Waals surface area contributed by atoms with E-state index in [0.29, 0.717) is 33.6 Å². The van der Waals surface area contributed by atoms with E-state index in [1.807, 2.05) is 37.3 Å². The van der Waals surface area contributed by atoms with Crippen molar-refractivity contribution in [1.29, 1.82) is 0 Å². The molecule has 1 amide bonds. The molecule has 1 saturated heterocycles. The highest BCUT2D eigenvalue weighted by molar-refractivity contribution is 9.10. The molecule has 0 aliphatic carbocycles. The highest BCUT2D eigenvalue weighted by atomic mass is 79.9. The predicted octanol–water partition coefficient (Wildman–Crippen LogP) is 8.11. The number of Topliss-reactive ketones (excluding diaryl/α,β-unsaturated/α-hetero) is 1. The maximum atomic E-state index is 13.6. The number of thioether (sulfide) groups is 1. The summed E-state index contributed by atoms with van der Waals surface area (Å²) in [5.41, 5.74) is 4.39. The number of aliphatic hydroxyl groups excluding tert-OH is 1. The van der Waals surface area contributed by atoms with Crippen LogP contribution in [0.15, 0.2) is 118 Å². The molecule has 1 aliphatic heterocycles. The molecule has 1 fully saturated rings. The Bertz CT molecular complexity index is 1820. The minimum atomic E-state index is -0.912. The maximum absolute atomic E-state index is 13.6. The maximum Gasteiger partial charge on any atom is 0.301 e. The Balaban J connectivity index is 1.33. The normalized spacial score (nSPS) is 16.0. The second-order valence-corrected chi connectivity index (χ2v) is 13.2. The number of ketones is 1. The minimum absolute atomic E-state index is 0.0145. The van der Waals surface area contributed by atoms with Crippen molar-refractivity contribution < 1.29 is 19.4 Å². The molecular weight excluding hydrogens is 658 g/mol. The standard InChI is InChI=1S/C34H26BrN3O4S2/c1-21-7-9-23(10-8-21)20-43-34-37-36-33(44-34)38-29(24-13-17-27(18-14-24)42-19-22-5-3-2-4-6-22)28(31(40)32(38)41)30(39)25-11-15-26(35)16-12-25/h2-18,29,39H,19-20H2,1H3/b30-28-. The number of hydrogen-bond acceptors (Lipinski definition) is 8. The molecule has 5 aromatic rings. The Hall–Kier alpha value is -4.25. The molecule has 10 heteroatoms. The number of anilines is 1. The van der Waals surface area contributed by atoms with Crippen molar-refractivity contribution in [3.63, 3.8) is 0 Å². The van der Waals surface area contributed by atoms with Crippen molar-refractivity contribution in [2.24, 2.45) is 0 Å². The number of carbonyl (C=O) groups excluding carboxylic acids is 2. The van der Waals surface area contributed by atoms with Crippen molar-refractivity contribution in [2.45, 2.75) is 29.7 Å². The van der Waals surface area contributed by atoms with E-state index in [1.54, 1.807) is 48.5 Å². The number of aryl methyl sites for hydroxylation is 1. The summed E-state index contributed by atoms with van der Waals surface area (Å²) in [5, 5.41) is 20.3. The van der Waals surface area contributed by atoms with Crippen LogP contribution in [0, 0.1) is 6.92 Å². The minimum Gasteiger partial charge on any atom is -0.507 e. The highest BCUT2D eigenvalue weighted by Gasteiger charge is 2.48. The molecule has 0 saturated carbocycles. The number of nitrogens with zero attached hydrogens (tertiary/aromatic N) is 3. The van der Waals surface area contributed by atoms with Crippen LogP contribution < -0.4 is 9.64 Å². The van der Waals surface area contributed by atoms with Crippen LogP contribution in [0.4, 0.5) is 5.13 Å². The second kappa shape index (κ2) is 13.2. The fourth-order valence-corrected chi connectivity index (χ4v) is 6.87. The zero-order valence-corrected chi connectivity index (χ0v) is 26.7. The first-order chi connectivity index (χ1) is 21.4. The van der Waals surface area contributed by atoms with Gasteiger partial charge in [0.1, 0.15) is 18.1 Å². The Morgan fingerprint density at radius 1 is 0.909 bits per heavy atom. The SMILES string of the molecule is Cc1ccc(CSc2nnc(N3C(=O)C(=O)/C(=C(\O)c4ccc(Br)cc4)C3c3ccc(OCc4ccccc4)cc3)s2)cc1. The van der Waals surface area contributed by atoms with Crippen molar-refractivity contribution in [3.05, 3.63) is 141 Å².